The van der Waals surface area contributed by atoms with Gasteiger partial charge in [-0.3, -0.25) is 0 Å². The van der Waals surface area contributed by atoms with Crippen molar-refractivity contribution in [3.05, 3.63) is 0 Å². The van der Waals surface area contributed by atoms with E-state index < -0.39 is 0 Å². The molecule has 1 unspecified atom stereocenters. The molecule has 0 aromatic heterocycles. The standard InChI is InChI=1S/C12H20N2O/c13-6-5-12(3-4-12)10-14-7-1-11-2-8-15-9-11/h11,14H,1-5,7-10H2. The third-order valence-corrected chi connectivity index (χ3v) is 3.66. The molecular formula is C12H20N2O. The molecule has 0 aromatic rings. The van der Waals surface area contributed by atoms with Crippen molar-refractivity contribution in [2.45, 2.75) is 32.1 Å². The summed E-state index contributed by atoms with van der Waals surface area (Å²) >= 11 is 0. The average molecular weight is 208 g/mol. The average Bonchev–Trinajstić information content (AvgIpc) is 2.80. The molecule has 15 heavy (non-hydrogen) atoms. The van der Waals surface area contributed by atoms with E-state index in [-0.39, 0.29) is 0 Å². The van der Waals surface area contributed by atoms with E-state index in [1.54, 1.807) is 0 Å². The van der Waals surface area contributed by atoms with E-state index in [4.69, 9.17) is 10.00 Å². The molecule has 2 aliphatic rings. The van der Waals surface area contributed by atoms with E-state index in [0.717, 1.165) is 38.6 Å². The van der Waals surface area contributed by atoms with Gasteiger partial charge in [0.15, 0.2) is 0 Å². The van der Waals surface area contributed by atoms with Crippen LogP contribution in [-0.2, 0) is 4.74 Å². The maximum atomic E-state index is 8.68. The van der Waals surface area contributed by atoms with Crippen LogP contribution in [0, 0.1) is 22.7 Å². The molecule has 3 heteroatoms. The summed E-state index contributed by atoms with van der Waals surface area (Å²) in [7, 11) is 0. The predicted molar refractivity (Wildman–Crippen MR) is 58.3 cm³/mol. The maximum Gasteiger partial charge on any atom is 0.0628 e. The minimum absolute atomic E-state index is 0.348. The summed E-state index contributed by atoms with van der Waals surface area (Å²) in [5.41, 5.74) is 0.348. The van der Waals surface area contributed by atoms with Crippen LogP contribution in [0.25, 0.3) is 0 Å². The summed E-state index contributed by atoms with van der Waals surface area (Å²) in [6, 6.07) is 2.29. The molecular weight excluding hydrogens is 188 g/mol. The zero-order chi connectivity index (χ0) is 10.6. The van der Waals surface area contributed by atoms with Crippen molar-refractivity contribution in [2.24, 2.45) is 11.3 Å². The number of nitrogens with one attached hydrogen (secondary N) is 1. The fourth-order valence-electron chi connectivity index (χ4n) is 2.23. The number of hydrogen-bond donors (Lipinski definition) is 1. The third-order valence-electron chi connectivity index (χ3n) is 3.66. The first-order chi connectivity index (χ1) is 7.35. The Labute approximate surface area is 91.8 Å². The fraction of sp³-hybridized carbons (Fsp3) is 0.917. The molecule has 2 fully saturated rings. The highest BCUT2D eigenvalue weighted by Crippen LogP contribution is 2.47. The minimum Gasteiger partial charge on any atom is -0.381 e. The Kier molecular flexibility index (Phi) is 3.61. The van der Waals surface area contributed by atoms with E-state index in [0.29, 0.717) is 5.41 Å². The Morgan fingerprint density at radius 2 is 2.33 bits per heavy atom. The number of rotatable bonds is 6. The summed E-state index contributed by atoms with van der Waals surface area (Å²) in [6.07, 6.45) is 5.65. The van der Waals surface area contributed by atoms with Gasteiger partial charge in [0.05, 0.1) is 6.07 Å². The lowest BCUT2D eigenvalue weighted by atomic mass is 10.0. The number of ether oxygens (including phenoxy) is 1. The first-order valence-electron chi connectivity index (χ1n) is 6.00. The molecule has 1 atom stereocenters. The maximum absolute atomic E-state index is 8.68. The van der Waals surface area contributed by atoms with E-state index in [1.165, 1.54) is 25.7 Å². The van der Waals surface area contributed by atoms with Crippen molar-refractivity contribution < 1.29 is 4.74 Å². The Hall–Kier alpha value is -0.590. The number of nitrogens with zero attached hydrogens (tertiary/aromatic N) is 1. The molecule has 3 nitrogen and oxygen atoms in total. The summed E-state index contributed by atoms with van der Waals surface area (Å²) in [4.78, 5) is 0. The molecule has 1 N–H and O–H groups in total. The highest BCUT2D eigenvalue weighted by atomic mass is 16.5. The van der Waals surface area contributed by atoms with Crippen LogP contribution < -0.4 is 5.32 Å². The second-order valence-corrected chi connectivity index (χ2v) is 5.03. The molecule has 0 aromatic carbocycles. The van der Waals surface area contributed by atoms with Crippen LogP contribution in [0.15, 0.2) is 0 Å². The smallest absolute Gasteiger partial charge is 0.0628 e. The lowest BCUT2D eigenvalue weighted by Gasteiger charge is -2.13. The van der Waals surface area contributed by atoms with Crippen LogP contribution in [0.2, 0.25) is 0 Å². The van der Waals surface area contributed by atoms with Gasteiger partial charge in [0, 0.05) is 26.2 Å². The van der Waals surface area contributed by atoms with Crippen molar-refractivity contribution in [3.63, 3.8) is 0 Å². The highest BCUT2D eigenvalue weighted by Gasteiger charge is 2.41. The zero-order valence-corrected chi connectivity index (χ0v) is 9.30. The van der Waals surface area contributed by atoms with E-state index in [1.807, 2.05) is 0 Å². The third kappa shape index (κ3) is 3.19. The Morgan fingerprint density at radius 3 is 2.93 bits per heavy atom. The normalized spacial score (nSPS) is 27.5. The van der Waals surface area contributed by atoms with Crippen molar-refractivity contribution in [2.75, 3.05) is 26.3 Å². The molecule has 2 rings (SSSR count). The zero-order valence-electron chi connectivity index (χ0n) is 9.30. The van der Waals surface area contributed by atoms with Crippen LogP contribution in [0.3, 0.4) is 0 Å². The molecule has 0 radical (unpaired) electrons. The second kappa shape index (κ2) is 4.96. The lowest BCUT2D eigenvalue weighted by molar-refractivity contribution is 0.184. The van der Waals surface area contributed by atoms with E-state index in [9.17, 15) is 0 Å². The van der Waals surface area contributed by atoms with Gasteiger partial charge in [0.25, 0.3) is 0 Å². The largest absolute Gasteiger partial charge is 0.381 e. The van der Waals surface area contributed by atoms with Gasteiger partial charge in [-0.25, -0.2) is 0 Å². The van der Waals surface area contributed by atoms with Crippen molar-refractivity contribution in [3.8, 4) is 6.07 Å². The SMILES string of the molecule is N#CCC1(CNCCC2CCOC2)CC1. The molecule has 84 valence electrons. The van der Waals surface area contributed by atoms with Crippen LogP contribution in [0.5, 0.6) is 0 Å². The Balaban J connectivity index is 1.53. The van der Waals surface area contributed by atoms with Gasteiger partial charge >= 0.3 is 0 Å². The predicted octanol–water partition coefficient (Wildman–Crippen LogP) is 1.70. The van der Waals surface area contributed by atoms with Crippen molar-refractivity contribution >= 4 is 0 Å². The lowest BCUT2D eigenvalue weighted by Crippen LogP contribution is -2.26. The quantitative estimate of drug-likeness (QED) is 0.676. The minimum atomic E-state index is 0.348. The summed E-state index contributed by atoms with van der Waals surface area (Å²) in [5, 5.41) is 12.2. The van der Waals surface area contributed by atoms with Crippen molar-refractivity contribution in [1.29, 1.82) is 5.26 Å². The van der Waals surface area contributed by atoms with Gasteiger partial charge in [-0.05, 0) is 43.6 Å². The molecule has 0 bridgehead atoms. The first kappa shape index (κ1) is 10.9. The van der Waals surface area contributed by atoms with Gasteiger partial charge in [-0.2, -0.15) is 5.26 Å². The van der Waals surface area contributed by atoms with E-state index in [2.05, 4.69) is 11.4 Å². The molecule has 1 aliphatic carbocycles. The van der Waals surface area contributed by atoms with Crippen LogP contribution in [-0.4, -0.2) is 26.3 Å². The van der Waals surface area contributed by atoms with Crippen molar-refractivity contribution in [1.82, 2.24) is 5.32 Å². The Morgan fingerprint density at radius 1 is 1.47 bits per heavy atom. The highest BCUT2D eigenvalue weighted by molar-refractivity contribution is 5.00. The van der Waals surface area contributed by atoms with Gasteiger partial charge in [0.1, 0.15) is 0 Å². The summed E-state index contributed by atoms with van der Waals surface area (Å²) in [6.45, 7) is 4.02. The molecule has 1 heterocycles. The Bertz CT molecular complexity index is 236. The van der Waals surface area contributed by atoms with E-state index >= 15 is 0 Å². The van der Waals surface area contributed by atoms with Gasteiger partial charge in [0.2, 0.25) is 0 Å². The first-order valence-corrected chi connectivity index (χ1v) is 6.00. The van der Waals surface area contributed by atoms with Crippen LogP contribution >= 0.6 is 0 Å². The number of nitriles is 1. The molecule has 0 spiro atoms. The van der Waals surface area contributed by atoms with Gasteiger partial charge in [-0.15, -0.1) is 0 Å². The molecule has 1 aliphatic heterocycles. The topological polar surface area (TPSA) is 45.0 Å². The van der Waals surface area contributed by atoms with Gasteiger partial charge < -0.3 is 10.1 Å². The monoisotopic (exact) mass is 208 g/mol. The summed E-state index contributed by atoms with van der Waals surface area (Å²) in [5.74, 6) is 0.767. The van der Waals surface area contributed by atoms with Gasteiger partial charge in [-0.1, -0.05) is 0 Å². The molecule has 0 amide bonds. The fourth-order valence-corrected chi connectivity index (χ4v) is 2.23. The van der Waals surface area contributed by atoms with Crippen LogP contribution in [0.4, 0.5) is 0 Å². The van der Waals surface area contributed by atoms with Crippen LogP contribution in [0.1, 0.15) is 32.1 Å². The second-order valence-electron chi connectivity index (χ2n) is 5.03. The summed E-state index contributed by atoms with van der Waals surface area (Å²) < 4.78 is 5.34. The number of hydrogen-bond acceptors (Lipinski definition) is 3. The molecule has 1 saturated heterocycles. The molecule has 1 saturated carbocycles.